The standard InChI is InChI=1S/C13H20ClN3O3S/c1-2-9-20-13-4-3-11(14)10-12(13)16-21(18,19)17-7-5-15-6-8-17/h3-4,10,15-16H,2,5-9H2,1H3. The number of anilines is 1. The zero-order valence-corrected chi connectivity index (χ0v) is 13.5. The van der Waals surface area contributed by atoms with Crippen LogP contribution in [0.3, 0.4) is 0 Å². The predicted molar refractivity (Wildman–Crippen MR) is 84.2 cm³/mol. The van der Waals surface area contributed by atoms with E-state index in [1.165, 1.54) is 4.31 Å². The number of benzene rings is 1. The van der Waals surface area contributed by atoms with Gasteiger partial charge in [-0.05, 0) is 24.6 Å². The van der Waals surface area contributed by atoms with Crippen LogP contribution in [0.2, 0.25) is 5.02 Å². The van der Waals surface area contributed by atoms with E-state index in [9.17, 15) is 8.42 Å². The van der Waals surface area contributed by atoms with Crippen LogP contribution in [0.25, 0.3) is 0 Å². The van der Waals surface area contributed by atoms with Crippen LogP contribution in [0.1, 0.15) is 13.3 Å². The fourth-order valence-electron chi connectivity index (χ4n) is 2.01. The second-order valence-electron chi connectivity index (χ2n) is 4.75. The highest BCUT2D eigenvalue weighted by Crippen LogP contribution is 2.29. The molecule has 0 saturated carbocycles. The Balaban J connectivity index is 2.18. The zero-order chi connectivity index (χ0) is 15.3. The van der Waals surface area contributed by atoms with Crippen molar-refractivity contribution in [3.63, 3.8) is 0 Å². The number of hydrogen-bond acceptors (Lipinski definition) is 4. The second kappa shape index (κ2) is 7.31. The molecular formula is C13H20ClN3O3S. The molecule has 2 N–H and O–H groups in total. The highest BCUT2D eigenvalue weighted by Gasteiger charge is 2.24. The van der Waals surface area contributed by atoms with Crippen molar-refractivity contribution in [2.24, 2.45) is 0 Å². The summed E-state index contributed by atoms with van der Waals surface area (Å²) in [6.45, 7) is 4.69. The molecule has 1 saturated heterocycles. The van der Waals surface area contributed by atoms with Gasteiger partial charge in [0.05, 0.1) is 12.3 Å². The molecule has 21 heavy (non-hydrogen) atoms. The van der Waals surface area contributed by atoms with Gasteiger partial charge in [-0.2, -0.15) is 12.7 Å². The molecule has 1 heterocycles. The summed E-state index contributed by atoms with van der Waals surface area (Å²) in [5.74, 6) is 0.486. The summed E-state index contributed by atoms with van der Waals surface area (Å²) in [5, 5.41) is 3.57. The molecule has 0 amide bonds. The van der Waals surface area contributed by atoms with E-state index in [0.29, 0.717) is 49.2 Å². The molecule has 1 aromatic carbocycles. The predicted octanol–water partition coefficient (Wildman–Crippen LogP) is 1.69. The van der Waals surface area contributed by atoms with Gasteiger partial charge in [0.1, 0.15) is 5.75 Å². The summed E-state index contributed by atoms with van der Waals surface area (Å²) in [7, 11) is -3.60. The van der Waals surface area contributed by atoms with Crippen molar-refractivity contribution in [1.82, 2.24) is 9.62 Å². The summed E-state index contributed by atoms with van der Waals surface area (Å²) in [4.78, 5) is 0. The van der Waals surface area contributed by atoms with Gasteiger partial charge in [0.15, 0.2) is 0 Å². The number of rotatable bonds is 6. The number of nitrogens with one attached hydrogen (secondary N) is 2. The molecule has 8 heteroatoms. The largest absolute Gasteiger partial charge is 0.491 e. The Hall–Kier alpha value is -1.02. The summed E-state index contributed by atoms with van der Waals surface area (Å²) >= 11 is 5.95. The van der Waals surface area contributed by atoms with Crippen LogP contribution in [0.4, 0.5) is 5.69 Å². The molecule has 0 atom stereocenters. The van der Waals surface area contributed by atoms with E-state index in [1.807, 2.05) is 6.92 Å². The van der Waals surface area contributed by atoms with Gasteiger partial charge in [0, 0.05) is 31.2 Å². The number of hydrogen-bond donors (Lipinski definition) is 2. The van der Waals surface area contributed by atoms with E-state index in [-0.39, 0.29) is 0 Å². The lowest BCUT2D eigenvalue weighted by molar-refractivity contribution is 0.319. The minimum Gasteiger partial charge on any atom is -0.491 e. The molecular weight excluding hydrogens is 314 g/mol. The fraction of sp³-hybridized carbons (Fsp3) is 0.538. The van der Waals surface area contributed by atoms with Crippen molar-refractivity contribution in [2.75, 3.05) is 37.5 Å². The maximum absolute atomic E-state index is 12.4. The lowest BCUT2D eigenvalue weighted by Gasteiger charge is -2.27. The normalized spacial score (nSPS) is 16.7. The molecule has 1 aliphatic rings. The van der Waals surface area contributed by atoms with Gasteiger partial charge in [-0.1, -0.05) is 18.5 Å². The average molecular weight is 334 g/mol. The third kappa shape index (κ3) is 4.47. The van der Waals surface area contributed by atoms with Crippen LogP contribution >= 0.6 is 11.6 Å². The molecule has 0 bridgehead atoms. The highest BCUT2D eigenvalue weighted by molar-refractivity contribution is 7.90. The Labute approximate surface area is 130 Å². The first kappa shape index (κ1) is 16.4. The molecule has 6 nitrogen and oxygen atoms in total. The van der Waals surface area contributed by atoms with E-state index >= 15 is 0 Å². The van der Waals surface area contributed by atoms with E-state index in [0.717, 1.165) is 6.42 Å². The van der Waals surface area contributed by atoms with Gasteiger partial charge in [0.25, 0.3) is 0 Å². The van der Waals surface area contributed by atoms with Crippen molar-refractivity contribution in [3.8, 4) is 5.75 Å². The van der Waals surface area contributed by atoms with Gasteiger partial charge in [-0.15, -0.1) is 0 Å². The molecule has 0 spiro atoms. The van der Waals surface area contributed by atoms with Gasteiger partial charge >= 0.3 is 10.2 Å². The number of piperazine rings is 1. The maximum Gasteiger partial charge on any atom is 0.301 e. The van der Waals surface area contributed by atoms with E-state index in [4.69, 9.17) is 16.3 Å². The monoisotopic (exact) mass is 333 g/mol. The van der Waals surface area contributed by atoms with Gasteiger partial charge in [-0.3, -0.25) is 4.72 Å². The van der Waals surface area contributed by atoms with Crippen LogP contribution < -0.4 is 14.8 Å². The molecule has 0 radical (unpaired) electrons. The maximum atomic E-state index is 12.4. The lowest BCUT2D eigenvalue weighted by Crippen LogP contribution is -2.48. The van der Waals surface area contributed by atoms with Crippen molar-refractivity contribution in [2.45, 2.75) is 13.3 Å². The summed E-state index contributed by atoms with van der Waals surface area (Å²) in [6.07, 6.45) is 0.840. The molecule has 1 aromatic rings. The van der Waals surface area contributed by atoms with Crippen molar-refractivity contribution < 1.29 is 13.2 Å². The van der Waals surface area contributed by atoms with Crippen LogP contribution in [-0.4, -0.2) is 45.5 Å². The number of nitrogens with zero attached hydrogens (tertiary/aromatic N) is 1. The molecule has 1 fully saturated rings. The van der Waals surface area contributed by atoms with Crippen molar-refractivity contribution >= 4 is 27.5 Å². The lowest BCUT2D eigenvalue weighted by atomic mass is 10.3. The van der Waals surface area contributed by atoms with Crippen LogP contribution in [-0.2, 0) is 10.2 Å². The SMILES string of the molecule is CCCOc1ccc(Cl)cc1NS(=O)(=O)N1CCNCC1. The Morgan fingerprint density at radius 1 is 1.38 bits per heavy atom. The van der Waals surface area contributed by atoms with E-state index < -0.39 is 10.2 Å². The summed E-state index contributed by atoms with van der Waals surface area (Å²) < 4.78 is 34.3. The van der Waals surface area contributed by atoms with Gasteiger partial charge < -0.3 is 10.1 Å². The topological polar surface area (TPSA) is 70.7 Å². The van der Waals surface area contributed by atoms with E-state index in [1.54, 1.807) is 18.2 Å². The first-order valence-corrected chi connectivity index (χ1v) is 8.75. The minimum absolute atomic E-state index is 0.370. The van der Waals surface area contributed by atoms with Crippen LogP contribution in [0.5, 0.6) is 5.75 Å². The Bertz CT molecular complexity index is 574. The number of ether oxygens (including phenoxy) is 1. The van der Waals surface area contributed by atoms with Crippen molar-refractivity contribution in [3.05, 3.63) is 23.2 Å². The third-order valence-corrected chi connectivity index (χ3v) is 4.82. The molecule has 118 valence electrons. The van der Waals surface area contributed by atoms with Gasteiger partial charge in [0.2, 0.25) is 0 Å². The van der Waals surface area contributed by atoms with Crippen molar-refractivity contribution in [1.29, 1.82) is 0 Å². The minimum atomic E-state index is -3.60. The smallest absolute Gasteiger partial charge is 0.301 e. The quantitative estimate of drug-likeness (QED) is 0.831. The van der Waals surface area contributed by atoms with Crippen LogP contribution in [0, 0.1) is 0 Å². The Morgan fingerprint density at radius 3 is 2.76 bits per heavy atom. The molecule has 2 rings (SSSR count). The number of halogens is 1. The Kier molecular flexibility index (Phi) is 5.69. The highest BCUT2D eigenvalue weighted by atomic mass is 35.5. The van der Waals surface area contributed by atoms with Gasteiger partial charge in [-0.25, -0.2) is 0 Å². The average Bonchev–Trinajstić information content (AvgIpc) is 2.47. The second-order valence-corrected chi connectivity index (χ2v) is 6.85. The summed E-state index contributed by atoms with van der Waals surface area (Å²) in [5.41, 5.74) is 0.370. The Morgan fingerprint density at radius 2 is 2.10 bits per heavy atom. The fourth-order valence-corrected chi connectivity index (χ4v) is 3.41. The van der Waals surface area contributed by atoms with E-state index in [2.05, 4.69) is 10.0 Å². The zero-order valence-electron chi connectivity index (χ0n) is 11.9. The molecule has 0 aliphatic carbocycles. The molecule has 1 aliphatic heterocycles. The summed E-state index contributed by atoms with van der Waals surface area (Å²) in [6, 6.07) is 4.91. The molecule has 0 aromatic heterocycles. The third-order valence-electron chi connectivity index (χ3n) is 3.06. The first-order valence-electron chi connectivity index (χ1n) is 6.94. The first-order chi connectivity index (χ1) is 10.0. The molecule has 0 unspecified atom stereocenters. The van der Waals surface area contributed by atoms with Crippen LogP contribution in [0.15, 0.2) is 18.2 Å².